The maximum Gasteiger partial charge on any atom is 0.324 e. The number of rotatable bonds is 5. The molecule has 2 aromatic heterocycles. The lowest BCUT2D eigenvalue weighted by Crippen LogP contribution is -2.20. The number of hydrogen-bond donors (Lipinski definition) is 3. The van der Waals surface area contributed by atoms with Crippen LogP contribution in [0.15, 0.2) is 79.1 Å². The second kappa shape index (κ2) is 9.06. The molecule has 0 fully saturated rings. The Morgan fingerprint density at radius 3 is 2.19 bits per heavy atom. The van der Waals surface area contributed by atoms with Crippen LogP contribution in [0.5, 0.6) is 0 Å². The van der Waals surface area contributed by atoms with E-state index in [-0.39, 0.29) is 11.4 Å². The lowest BCUT2D eigenvalue weighted by atomic mass is 9.87. The minimum atomic E-state index is -0.326. The van der Waals surface area contributed by atoms with Crippen LogP contribution in [0.2, 0.25) is 0 Å². The van der Waals surface area contributed by atoms with Crippen molar-refractivity contribution in [3.8, 4) is 11.1 Å². The molecule has 6 nitrogen and oxygen atoms in total. The van der Waals surface area contributed by atoms with Gasteiger partial charge in [0.05, 0.1) is 5.69 Å². The van der Waals surface area contributed by atoms with Gasteiger partial charge in [-0.25, -0.2) is 4.79 Å². The molecule has 32 heavy (non-hydrogen) atoms. The maximum absolute atomic E-state index is 12.7. The van der Waals surface area contributed by atoms with Gasteiger partial charge in [0.25, 0.3) is 0 Å². The van der Waals surface area contributed by atoms with Crippen LogP contribution in [-0.2, 0) is 11.8 Å². The van der Waals surface area contributed by atoms with E-state index < -0.39 is 0 Å². The van der Waals surface area contributed by atoms with Gasteiger partial charge in [0.2, 0.25) is 0 Å². The van der Waals surface area contributed by atoms with Gasteiger partial charge in [-0.3, -0.25) is 15.4 Å². The Labute approximate surface area is 188 Å². The minimum absolute atomic E-state index is 0.178. The molecule has 0 saturated carbocycles. The molecular weight excluding hydrogens is 398 g/mol. The third-order valence-corrected chi connectivity index (χ3v) is 5.15. The normalized spacial score (nSPS) is 11.2. The van der Waals surface area contributed by atoms with Crippen molar-refractivity contribution < 1.29 is 4.79 Å². The topological polar surface area (TPSA) is 82.7 Å². The fourth-order valence-corrected chi connectivity index (χ4v) is 3.58. The predicted octanol–water partition coefficient (Wildman–Crippen LogP) is 6.00. The van der Waals surface area contributed by atoms with E-state index in [1.807, 2.05) is 66.7 Å². The van der Waals surface area contributed by atoms with Crippen LogP contribution in [-0.4, -0.2) is 21.2 Å². The fourth-order valence-electron chi connectivity index (χ4n) is 3.58. The summed E-state index contributed by atoms with van der Waals surface area (Å²) in [5.41, 5.74) is 5.71. The van der Waals surface area contributed by atoms with Gasteiger partial charge >= 0.3 is 6.03 Å². The van der Waals surface area contributed by atoms with Crippen LogP contribution in [0.3, 0.4) is 0 Å². The molecule has 0 saturated heterocycles. The first-order valence-electron chi connectivity index (χ1n) is 10.6. The first-order chi connectivity index (χ1) is 15.4. The summed E-state index contributed by atoms with van der Waals surface area (Å²) in [6, 6.07) is 21.5. The Kier molecular flexibility index (Phi) is 6.03. The number of carbonyl (C=O) groups is 1. The zero-order valence-electron chi connectivity index (χ0n) is 18.5. The number of aromatic nitrogens is 3. The number of carbonyl (C=O) groups excluding carboxylic acids is 1. The molecule has 0 radical (unpaired) electrons. The summed E-state index contributed by atoms with van der Waals surface area (Å²) >= 11 is 0. The number of benzene rings is 2. The third-order valence-electron chi connectivity index (χ3n) is 5.15. The highest BCUT2D eigenvalue weighted by Gasteiger charge is 2.26. The molecule has 0 aliphatic carbocycles. The van der Waals surface area contributed by atoms with E-state index in [0.717, 1.165) is 34.5 Å². The van der Waals surface area contributed by atoms with Crippen molar-refractivity contribution in [2.24, 2.45) is 0 Å². The molecule has 0 bridgehead atoms. The van der Waals surface area contributed by atoms with Gasteiger partial charge in [0, 0.05) is 29.1 Å². The van der Waals surface area contributed by atoms with Crippen molar-refractivity contribution in [1.82, 2.24) is 15.2 Å². The smallest absolute Gasteiger partial charge is 0.308 e. The molecule has 4 aromatic rings. The van der Waals surface area contributed by atoms with Crippen LogP contribution in [0.4, 0.5) is 16.3 Å². The highest BCUT2D eigenvalue weighted by molar-refractivity contribution is 6.01. The molecule has 4 rings (SSSR count). The molecular formula is C26H27N5O. The van der Waals surface area contributed by atoms with Crippen molar-refractivity contribution in [2.45, 2.75) is 32.6 Å². The first kappa shape index (κ1) is 21.3. The molecule has 2 heterocycles. The zero-order chi connectivity index (χ0) is 22.6. The molecule has 2 amide bonds. The van der Waals surface area contributed by atoms with E-state index in [1.165, 1.54) is 5.56 Å². The van der Waals surface area contributed by atoms with Crippen LogP contribution < -0.4 is 10.6 Å². The quantitative estimate of drug-likeness (QED) is 0.366. The monoisotopic (exact) mass is 425 g/mol. The highest BCUT2D eigenvalue weighted by Crippen LogP contribution is 2.36. The Morgan fingerprint density at radius 1 is 0.875 bits per heavy atom. The number of amides is 2. The second-order valence-electron chi connectivity index (χ2n) is 8.75. The molecule has 0 aliphatic rings. The van der Waals surface area contributed by atoms with Crippen molar-refractivity contribution in [2.75, 3.05) is 10.6 Å². The molecule has 6 heteroatoms. The standard InChI is InChI=1S/C26H27N5O/c1-26(2,3)23-22(20-7-5-4-6-8-20)24(31-30-23)29-25(32)28-21-11-9-18(10-12-21)17-19-13-15-27-16-14-19/h4-16H,17H2,1-3H3,(H3,28,29,30,31,32). The lowest BCUT2D eigenvalue weighted by molar-refractivity contribution is 0.262. The fraction of sp³-hybridized carbons (Fsp3) is 0.192. The summed E-state index contributed by atoms with van der Waals surface area (Å²) in [5.74, 6) is 0.577. The number of nitrogens with zero attached hydrogens (tertiary/aromatic N) is 2. The summed E-state index contributed by atoms with van der Waals surface area (Å²) in [6.45, 7) is 6.31. The van der Waals surface area contributed by atoms with E-state index >= 15 is 0 Å². The van der Waals surface area contributed by atoms with Gasteiger partial charge in [-0.05, 0) is 47.4 Å². The number of nitrogens with one attached hydrogen (secondary N) is 3. The summed E-state index contributed by atoms with van der Waals surface area (Å²) < 4.78 is 0. The zero-order valence-corrected chi connectivity index (χ0v) is 18.5. The van der Waals surface area contributed by atoms with E-state index in [4.69, 9.17) is 0 Å². The van der Waals surface area contributed by atoms with Crippen LogP contribution >= 0.6 is 0 Å². The Bertz CT molecular complexity index is 1180. The van der Waals surface area contributed by atoms with Gasteiger partial charge in [-0.1, -0.05) is 63.2 Å². The summed E-state index contributed by atoms with van der Waals surface area (Å²) in [5, 5.41) is 13.3. The number of urea groups is 1. The maximum atomic E-state index is 12.7. The molecule has 0 spiro atoms. The SMILES string of the molecule is CC(C)(C)c1n[nH]c(NC(=O)Nc2ccc(Cc3ccncc3)cc2)c1-c1ccccc1. The number of anilines is 2. The minimum Gasteiger partial charge on any atom is -0.308 e. The molecule has 0 unspecified atom stereocenters. The van der Waals surface area contributed by atoms with Gasteiger partial charge < -0.3 is 5.32 Å². The molecule has 2 aromatic carbocycles. The van der Waals surface area contributed by atoms with Gasteiger partial charge in [-0.2, -0.15) is 5.10 Å². The average Bonchev–Trinajstić information content (AvgIpc) is 3.20. The summed E-state index contributed by atoms with van der Waals surface area (Å²) in [6.07, 6.45) is 4.40. The van der Waals surface area contributed by atoms with Crippen molar-refractivity contribution >= 4 is 17.5 Å². The van der Waals surface area contributed by atoms with Crippen molar-refractivity contribution in [3.05, 3.63) is 95.9 Å². The largest absolute Gasteiger partial charge is 0.324 e. The van der Waals surface area contributed by atoms with Gasteiger partial charge in [0.1, 0.15) is 5.82 Å². The molecule has 0 atom stereocenters. The van der Waals surface area contributed by atoms with Crippen molar-refractivity contribution in [1.29, 1.82) is 0 Å². The van der Waals surface area contributed by atoms with Gasteiger partial charge in [-0.15, -0.1) is 0 Å². The number of aromatic amines is 1. The van der Waals surface area contributed by atoms with Crippen LogP contribution in [0.25, 0.3) is 11.1 Å². The number of hydrogen-bond acceptors (Lipinski definition) is 3. The van der Waals surface area contributed by atoms with E-state index in [1.54, 1.807) is 12.4 Å². The molecule has 3 N–H and O–H groups in total. The lowest BCUT2D eigenvalue weighted by Gasteiger charge is -2.18. The number of H-pyrrole nitrogens is 1. The Hall–Kier alpha value is -3.93. The Morgan fingerprint density at radius 2 is 1.53 bits per heavy atom. The van der Waals surface area contributed by atoms with Gasteiger partial charge in [0.15, 0.2) is 0 Å². The molecule has 162 valence electrons. The third kappa shape index (κ3) is 5.03. The highest BCUT2D eigenvalue weighted by atomic mass is 16.2. The predicted molar refractivity (Wildman–Crippen MR) is 129 cm³/mol. The Balaban J connectivity index is 1.48. The van der Waals surface area contributed by atoms with E-state index in [9.17, 15) is 4.79 Å². The van der Waals surface area contributed by atoms with E-state index in [2.05, 4.69) is 46.6 Å². The van der Waals surface area contributed by atoms with E-state index in [0.29, 0.717) is 5.82 Å². The second-order valence-corrected chi connectivity index (χ2v) is 8.75. The first-order valence-corrected chi connectivity index (χ1v) is 10.6. The van der Waals surface area contributed by atoms with Crippen molar-refractivity contribution in [3.63, 3.8) is 0 Å². The van der Waals surface area contributed by atoms with Crippen LogP contribution in [0.1, 0.15) is 37.6 Å². The van der Waals surface area contributed by atoms with Crippen LogP contribution in [0, 0.1) is 0 Å². The molecule has 0 aliphatic heterocycles. The summed E-state index contributed by atoms with van der Waals surface area (Å²) in [4.78, 5) is 16.8. The number of pyridine rings is 1. The average molecular weight is 426 g/mol. The summed E-state index contributed by atoms with van der Waals surface area (Å²) in [7, 11) is 0.